The van der Waals surface area contributed by atoms with E-state index in [9.17, 15) is 0 Å². The van der Waals surface area contributed by atoms with Gasteiger partial charge in [-0.3, -0.25) is 0 Å². The maximum atomic E-state index is 5.85. The molecule has 0 saturated carbocycles. The number of methoxy groups -OCH3 is 2. The van der Waals surface area contributed by atoms with Crippen LogP contribution in [0.15, 0.2) is 36.5 Å². The summed E-state index contributed by atoms with van der Waals surface area (Å²) in [5, 5.41) is 0.576. The van der Waals surface area contributed by atoms with Gasteiger partial charge in [-0.25, -0.2) is 4.98 Å². The lowest BCUT2D eigenvalue weighted by atomic mass is 10.3. The molecule has 0 atom stereocenters. The fourth-order valence-corrected chi connectivity index (χ4v) is 1.86. The fraction of sp³-hybridized carbons (Fsp3) is 0.267. The molecule has 21 heavy (non-hydrogen) atoms. The Morgan fingerprint density at radius 3 is 2.29 bits per heavy atom. The van der Waals surface area contributed by atoms with Gasteiger partial charge < -0.3 is 18.9 Å². The molecule has 0 saturated heterocycles. The first-order valence-corrected chi connectivity index (χ1v) is 6.70. The van der Waals surface area contributed by atoms with Gasteiger partial charge in [-0.05, 0) is 18.2 Å². The van der Waals surface area contributed by atoms with E-state index >= 15 is 0 Å². The highest BCUT2D eigenvalue weighted by Crippen LogP contribution is 2.36. The van der Waals surface area contributed by atoms with Crippen LogP contribution in [0, 0.1) is 0 Å². The van der Waals surface area contributed by atoms with Crippen LogP contribution in [0.1, 0.15) is 0 Å². The Kier molecular flexibility index (Phi) is 5.51. The number of para-hydroxylation sites is 1. The average Bonchev–Trinajstić information content (AvgIpc) is 2.51. The van der Waals surface area contributed by atoms with E-state index in [4.69, 9.17) is 30.5 Å². The van der Waals surface area contributed by atoms with Gasteiger partial charge in [0.25, 0.3) is 0 Å². The maximum absolute atomic E-state index is 5.85. The third kappa shape index (κ3) is 4.16. The van der Waals surface area contributed by atoms with Gasteiger partial charge in [0.15, 0.2) is 11.5 Å². The van der Waals surface area contributed by atoms with Crippen molar-refractivity contribution in [2.45, 2.75) is 0 Å². The molecule has 0 radical (unpaired) electrons. The van der Waals surface area contributed by atoms with E-state index in [1.807, 2.05) is 6.07 Å². The SMILES string of the molecule is COc1cccc(OC)c1OCCOc1cc(Cl)ccn1. The highest BCUT2D eigenvalue weighted by atomic mass is 35.5. The molecule has 0 fully saturated rings. The number of aromatic nitrogens is 1. The second-order valence-electron chi connectivity index (χ2n) is 4.00. The molecular weight excluding hydrogens is 294 g/mol. The Labute approximate surface area is 128 Å². The van der Waals surface area contributed by atoms with Crippen molar-refractivity contribution in [3.8, 4) is 23.1 Å². The number of halogens is 1. The molecule has 1 heterocycles. The summed E-state index contributed by atoms with van der Waals surface area (Å²) in [4.78, 5) is 4.04. The molecule has 1 aromatic heterocycles. The summed E-state index contributed by atoms with van der Waals surface area (Å²) in [7, 11) is 3.15. The van der Waals surface area contributed by atoms with Crippen molar-refractivity contribution in [3.05, 3.63) is 41.6 Å². The molecule has 0 spiro atoms. The van der Waals surface area contributed by atoms with Gasteiger partial charge in [0.1, 0.15) is 13.2 Å². The zero-order chi connectivity index (χ0) is 15.1. The van der Waals surface area contributed by atoms with E-state index in [0.717, 1.165) is 0 Å². The van der Waals surface area contributed by atoms with Gasteiger partial charge in [0.05, 0.1) is 14.2 Å². The molecule has 112 valence electrons. The molecule has 2 rings (SSSR count). The number of nitrogens with zero attached hydrogens (tertiary/aromatic N) is 1. The molecule has 1 aromatic carbocycles. The highest BCUT2D eigenvalue weighted by molar-refractivity contribution is 6.30. The van der Waals surface area contributed by atoms with Crippen molar-refractivity contribution in [1.82, 2.24) is 4.98 Å². The third-order valence-electron chi connectivity index (χ3n) is 2.66. The minimum Gasteiger partial charge on any atom is -0.493 e. The number of ether oxygens (including phenoxy) is 4. The van der Waals surface area contributed by atoms with E-state index in [1.165, 1.54) is 0 Å². The first-order valence-electron chi connectivity index (χ1n) is 6.32. The largest absolute Gasteiger partial charge is 0.493 e. The maximum Gasteiger partial charge on any atom is 0.214 e. The van der Waals surface area contributed by atoms with Crippen LogP contribution in [-0.2, 0) is 0 Å². The van der Waals surface area contributed by atoms with Crippen molar-refractivity contribution >= 4 is 11.6 Å². The highest BCUT2D eigenvalue weighted by Gasteiger charge is 2.11. The predicted octanol–water partition coefficient (Wildman–Crippen LogP) is 3.21. The number of benzene rings is 1. The van der Waals surface area contributed by atoms with Crippen molar-refractivity contribution in [3.63, 3.8) is 0 Å². The summed E-state index contributed by atoms with van der Waals surface area (Å²) in [6.45, 7) is 0.652. The first kappa shape index (κ1) is 15.3. The molecule has 0 bridgehead atoms. The molecule has 2 aromatic rings. The number of hydrogen-bond donors (Lipinski definition) is 0. The van der Waals surface area contributed by atoms with E-state index < -0.39 is 0 Å². The van der Waals surface area contributed by atoms with E-state index in [-0.39, 0.29) is 0 Å². The lowest BCUT2D eigenvalue weighted by molar-refractivity contribution is 0.201. The van der Waals surface area contributed by atoms with Crippen LogP contribution in [0.2, 0.25) is 5.02 Å². The van der Waals surface area contributed by atoms with Crippen LogP contribution < -0.4 is 18.9 Å². The Morgan fingerprint density at radius 1 is 1.00 bits per heavy atom. The van der Waals surface area contributed by atoms with Crippen LogP contribution >= 0.6 is 11.6 Å². The van der Waals surface area contributed by atoms with Gasteiger partial charge >= 0.3 is 0 Å². The summed E-state index contributed by atoms with van der Waals surface area (Å²) in [5.41, 5.74) is 0. The van der Waals surface area contributed by atoms with E-state index in [2.05, 4.69) is 4.98 Å². The van der Waals surface area contributed by atoms with Crippen molar-refractivity contribution in [2.24, 2.45) is 0 Å². The lowest BCUT2D eigenvalue weighted by Crippen LogP contribution is -2.10. The summed E-state index contributed by atoms with van der Waals surface area (Å²) in [6, 6.07) is 8.77. The van der Waals surface area contributed by atoms with Crippen LogP contribution in [0.4, 0.5) is 0 Å². The molecule has 0 aliphatic heterocycles. The Morgan fingerprint density at radius 2 is 1.67 bits per heavy atom. The van der Waals surface area contributed by atoms with Crippen molar-refractivity contribution < 1.29 is 18.9 Å². The van der Waals surface area contributed by atoms with Crippen molar-refractivity contribution in [2.75, 3.05) is 27.4 Å². The molecule has 0 unspecified atom stereocenters. The quantitative estimate of drug-likeness (QED) is 0.735. The minimum atomic E-state index is 0.324. The number of hydrogen-bond acceptors (Lipinski definition) is 5. The van der Waals surface area contributed by atoms with Gasteiger partial charge in [0, 0.05) is 17.3 Å². The second-order valence-corrected chi connectivity index (χ2v) is 4.44. The van der Waals surface area contributed by atoms with Gasteiger partial charge in [-0.15, -0.1) is 0 Å². The predicted molar refractivity (Wildman–Crippen MR) is 79.8 cm³/mol. The van der Waals surface area contributed by atoms with Gasteiger partial charge in [0.2, 0.25) is 11.6 Å². The second kappa shape index (κ2) is 7.59. The Hall–Kier alpha value is -2.14. The summed E-state index contributed by atoms with van der Waals surface area (Å²) in [6.07, 6.45) is 1.59. The topological polar surface area (TPSA) is 49.8 Å². The number of pyridine rings is 1. The lowest BCUT2D eigenvalue weighted by Gasteiger charge is -2.14. The molecule has 0 N–H and O–H groups in total. The van der Waals surface area contributed by atoms with E-state index in [1.54, 1.807) is 44.7 Å². The van der Waals surface area contributed by atoms with Gasteiger partial charge in [-0.2, -0.15) is 0 Å². The molecule has 5 nitrogen and oxygen atoms in total. The third-order valence-corrected chi connectivity index (χ3v) is 2.89. The van der Waals surface area contributed by atoms with Crippen LogP contribution in [0.3, 0.4) is 0 Å². The Balaban J connectivity index is 1.91. The monoisotopic (exact) mass is 309 g/mol. The van der Waals surface area contributed by atoms with E-state index in [0.29, 0.717) is 41.4 Å². The average molecular weight is 310 g/mol. The fourth-order valence-electron chi connectivity index (χ4n) is 1.71. The van der Waals surface area contributed by atoms with Gasteiger partial charge in [-0.1, -0.05) is 17.7 Å². The molecule has 0 aliphatic carbocycles. The minimum absolute atomic E-state index is 0.324. The number of rotatable bonds is 7. The van der Waals surface area contributed by atoms with Crippen LogP contribution in [0.5, 0.6) is 23.1 Å². The normalized spacial score (nSPS) is 10.0. The summed E-state index contributed by atoms with van der Waals surface area (Å²) in [5.74, 6) is 2.22. The van der Waals surface area contributed by atoms with Crippen LogP contribution in [-0.4, -0.2) is 32.4 Å². The Bertz CT molecular complexity index is 569. The molecule has 0 aliphatic rings. The first-order chi connectivity index (χ1) is 10.2. The van der Waals surface area contributed by atoms with Crippen molar-refractivity contribution in [1.29, 1.82) is 0 Å². The zero-order valence-corrected chi connectivity index (χ0v) is 12.6. The standard InChI is InChI=1S/C15H16ClNO4/c1-18-12-4-3-5-13(19-2)15(12)21-9-8-20-14-10-11(16)6-7-17-14/h3-7,10H,8-9H2,1-2H3. The zero-order valence-electron chi connectivity index (χ0n) is 11.8. The summed E-state index contributed by atoms with van der Waals surface area (Å²) < 4.78 is 21.6. The molecule has 6 heteroatoms. The van der Waals surface area contributed by atoms with Crippen LogP contribution in [0.25, 0.3) is 0 Å². The summed E-state index contributed by atoms with van der Waals surface area (Å²) >= 11 is 5.85. The molecule has 0 amide bonds. The smallest absolute Gasteiger partial charge is 0.214 e. The molecular formula is C15H16ClNO4.